The summed E-state index contributed by atoms with van der Waals surface area (Å²) in [6.45, 7) is 0. The first-order valence-corrected chi connectivity index (χ1v) is 13.4. The maximum absolute atomic E-state index is 12.7. The van der Waals surface area contributed by atoms with Gasteiger partial charge in [-0.05, 0) is 17.0 Å². The molecule has 0 aliphatic rings. The van der Waals surface area contributed by atoms with Crippen molar-refractivity contribution in [2.45, 2.75) is 5.75 Å². The summed E-state index contributed by atoms with van der Waals surface area (Å²) in [5.74, 6) is 1.12. The van der Waals surface area contributed by atoms with Gasteiger partial charge < -0.3 is 10.3 Å². The standard InChI is InChI=1S/C22H16N4O2S4/c27-18(26-22-23-15(10-32-22)16-7-4-8-30-16)12-29-11-17-24-20(28)19-14(9-31-21(19)25-17)13-5-2-1-3-6-13/h1-10H,11-12H2,(H,23,26,27)(H,24,25,28). The highest BCUT2D eigenvalue weighted by Gasteiger charge is 2.14. The van der Waals surface area contributed by atoms with Gasteiger partial charge in [-0.3, -0.25) is 9.59 Å². The third-order valence-corrected chi connectivity index (χ3v) is 8.04. The Morgan fingerprint density at radius 3 is 2.72 bits per heavy atom. The largest absolute Gasteiger partial charge is 0.309 e. The predicted octanol–water partition coefficient (Wildman–Crippen LogP) is 5.71. The Kier molecular flexibility index (Phi) is 6.17. The quantitative estimate of drug-likeness (QED) is 0.301. The number of carbonyl (C=O) groups excluding carboxylic acids is 1. The highest BCUT2D eigenvalue weighted by molar-refractivity contribution is 7.99. The molecule has 0 spiro atoms. The first kappa shape index (κ1) is 21.1. The van der Waals surface area contributed by atoms with Crippen molar-refractivity contribution in [1.29, 1.82) is 0 Å². The Balaban J connectivity index is 1.21. The summed E-state index contributed by atoms with van der Waals surface area (Å²) >= 11 is 5.87. The van der Waals surface area contributed by atoms with Crippen molar-refractivity contribution >= 4 is 67.0 Å². The van der Waals surface area contributed by atoms with Gasteiger partial charge in [-0.1, -0.05) is 36.4 Å². The van der Waals surface area contributed by atoms with Crippen LogP contribution in [0.5, 0.6) is 0 Å². The molecule has 0 unspecified atom stereocenters. The van der Waals surface area contributed by atoms with Crippen LogP contribution < -0.4 is 10.9 Å². The van der Waals surface area contributed by atoms with E-state index in [9.17, 15) is 9.59 Å². The number of aromatic amines is 1. The zero-order valence-electron chi connectivity index (χ0n) is 16.5. The van der Waals surface area contributed by atoms with Crippen LogP contribution in [0.2, 0.25) is 0 Å². The lowest BCUT2D eigenvalue weighted by Crippen LogP contribution is -2.15. The first-order valence-electron chi connectivity index (χ1n) is 9.60. The highest BCUT2D eigenvalue weighted by atomic mass is 32.2. The average molecular weight is 497 g/mol. The summed E-state index contributed by atoms with van der Waals surface area (Å²) < 4.78 is 0. The topological polar surface area (TPSA) is 87.7 Å². The summed E-state index contributed by atoms with van der Waals surface area (Å²) in [6, 6.07) is 13.8. The zero-order valence-corrected chi connectivity index (χ0v) is 19.8. The SMILES string of the molecule is O=C(CSCc1nc2scc(-c3ccccc3)c2c(=O)[nH]1)Nc1nc(-c2cccs2)cs1. The van der Waals surface area contributed by atoms with Gasteiger partial charge in [0.15, 0.2) is 5.13 Å². The summed E-state index contributed by atoms with van der Waals surface area (Å²) in [6.07, 6.45) is 0. The number of thiazole rings is 1. The molecule has 5 aromatic rings. The number of anilines is 1. The Labute approximate surface area is 199 Å². The number of amides is 1. The molecule has 0 fully saturated rings. The van der Waals surface area contributed by atoms with Gasteiger partial charge in [-0.25, -0.2) is 9.97 Å². The number of nitrogens with one attached hydrogen (secondary N) is 2. The van der Waals surface area contributed by atoms with Crippen LogP contribution in [0, 0.1) is 0 Å². The number of rotatable bonds is 7. The number of thioether (sulfide) groups is 1. The third kappa shape index (κ3) is 4.53. The number of hydrogen-bond donors (Lipinski definition) is 2. The molecule has 10 heteroatoms. The van der Waals surface area contributed by atoms with Crippen LogP contribution in [0.25, 0.3) is 31.9 Å². The average Bonchev–Trinajstić information content (AvgIpc) is 3.55. The molecule has 0 saturated heterocycles. The Bertz CT molecular complexity index is 1420. The van der Waals surface area contributed by atoms with E-state index >= 15 is 0 Å². The molecule has 0 radical (unpaired) electrons. The lowest BCUT2D eigenvalue weighted by molar-refractivity contribution is -0.113. The molecular formula is C22H16N4O2S4. The highest BCUT2D eigenvalue weighted by Crippen LogP contribution is 2.31. The first-order chi connectivity index (χ1) is 15.7. The molecule has 0 aliphatic heterocycles. The lowest BCUT2D eigenvalue weighted by Gasteiger charge is -2.03. The third-order valence-electron chi connectivity index (χ3n) is 4.57. The van der Waals surface area contributed by atoms with Crippen LogP contribution in [0.15, 0.2) is 63.4 Å². The van der Waals surface area contributed by atoms with Gasteiger partial charge >= 0.3 is 0 Å². The van der Waals surface area contributed by atoms with E-state index in [-0.39, 0.29) is 17.2 Å². The number of fused-ring (bicyclic) bond motifs is 1. The Hall–Kier alpha value is -2.79. The number of carbonyl (C=O) groups is 1. The number of thiophene rings is 2. The molecule has 4 heterocycles. The van der Waals surface area contributed by atoms with Crippen LogP contribution in [0.1, 0.15) is 5.82 Å². The van der Waals surface area contributed by atoms with Crippen molar-refractivity contribution in [3.05, 3.63) is 74.8 Å². The van der Waals surface area contributed by atoms with Crippen LogP contribution in [-0.4, -0.2) is 26.6 Å². The Morgan fingerprint density at radius 2 is 1.91 bits per heavy atom. The summed E-state index contributed by atoms with van der Waals surface area (Å²) in [5, 5.41) is 9.92. The summed E-state index contributed by atoms with van der Waals surface area (Å²) in [4.78, 5) is 38.7. The molecular weight excluding hydrogens is 481 g/mol. The molecule has 0 atom stereocenters. The molecule has 1 amide bonds. The van der Waals surface area contributed by atoms with Crippen molar-refractivity contribution in [2.75, 3.05) is 11.1 Å². The van der Waals surface area contributed by atoms with Crippen molar-refractivity contribution in [3.63, 3.8) is 0 Å². The van der Waals surface area contributed by atoms with E-state index in [4.69, 9.17) is 0 Å². The van der Waals surface area contributed by atoms with Crippen molar-refractivity contribution in [2.24, 2.45) is 0 Å². The number of benzene rings is 1. The van der Waals surface area contributed by atoms with Crippen LogP contribution >= 0.6 is 45.8 Å². The van der Waals surface area contributed by atoms with Gasteiger partial charge in [0.05, 0.1) is 27.5 Å². The van der Waals surface area contributed by atoms with Gasteiger partial charge in [-0.2, -0.15) is 0 Å². The van der Waals surface area contributed by atoms with E-state index in [1.165, 1.54) is 34.4 Å². The van der Waals surface area contributed by atoms with Gasteiger partial charge in [0.25, 0.3) is 5.56 Å². The van der Waals surface area contributed by atoms with Gasteiger partial charge in [0, 0.05) is 16.3 Å². The Morgan fingerprint density at radius 1 is 1.03 bits per heavy atom. The minimum Gasteiger partial charge on any atom is -0.309 e. The summed E-state index contributed by atoms with van der Waals surface area (Å²) in [7, 11) is 0. The maximum atomic E-state index is 12.7. The van der Waals surface area contributed by atoms with Gasteiger partial charge in [0.1, 0.15) is 10.7 Å². The molecule has 160 valence electrons. The van der Waals surface area contributed by atoms with E-state index in [2.05, 4.69) is 20.3 Å². The van der Waals surface area contributed by atoms with Gasteiger partial charge in [0.2, 0.25) is 5.91 Å². The lowest BCUT2D eigenvalue weighted by atomic mass is 10.1. The minimum absolute atomic E-state index is 0.131. The smallest absolute Gasteiger partial charge is 0.260 e. The number of aromatic nitrogens is 3. The van der Waals surface area contributed by atoms with Crippen LogP contribution in [0.4, 0.5) is 5.13 Å². The number of nitrogens with zero attached hydrogens (tertiary/aromatic N) is 2. The van der Waals surface area contributed by atoms with Crippen LogP contribution in [0.3, 0.4) is 0 Å². The van der Waals surface area contributed by atoms with Gasteiger partial charge in [-0.15, -0.1) is 45.8 Å². The fraction of sp³-hybridized carbons (Fsp3) is 0.0909. The molecule has 32 heavy (non-hydrogen) atoms. The minimum atomic E-state index is -0.154. The number of H-pyrrole nitrogens is 1. The molecule has 6 nitrogen and oxygen atoms in total. The maximum Gasteiger partial charge on any atom is 0.260 e. The second-order valence-electron chi connectivity index (χ2n) is 6.76. The predicted molar refractivity (Wildman–Crippen MR) is 136 cm³/mol. The van der Waals surface area contributed by atoms with E-state index in [0.29, 0.717) is 26.9 Å². The molecule has 4 aromatic heterocycles. The normalized spacial score (nSPS) is 11.1. The van der Waals surface area contributed by atoms with Crippen molar-refractivity contribution in [1.82, 2.24) is 15.0 Å². The monoisotopic (exact) mass is 496 g/mol. The fourth-order valence-corrected chi connectivity index (χ4v) is 6.30. The van der Waals surface area contributed by atoms with Crippen molar-refractivity contribution in [3.8, 4) is 21.7 Å². The zero-order chi connectivity index (χ0) is 21.9. The van der Waals surface area contributed by atoms with E-state index in [1.54, 1.807) is 11.3 Å². The van der Waals surface area contributed by atoms with E-state index in [0.717, 1.165) is 21.7 Å². The molecule has 5 rings (SSSR count). The molecule has 0 aliphatic carbocycles. The van der Waals surface area contributed by atoms with Crippen LogP contribution in [-0.2, 0) is 10.5 Å². The second kappa shape index (κ2) is 9.37. The molecule has 0 saturated carbocycles. The summed E-state index contributed by atoms with van der Waals surface area (Å²) in [5.41, 5.74) is 2.60. The second-order valence-corrected chi connectivity index (χ2v) is 10.4. The molecule has 1 aromatic carbocycles. The molecule has 2 N–H and O–H groups in total. The molecule has 0 bridgehead atoms. The fourth-order valence-electron chi connectivity index (χ4n) is 3.16. The number of hydrogen-bond acceptors (Lipinski definition) is 8. The van der Waals surface area contributed by atoms with Crippen molar-refractivity contribution < 1.29 is 4.79 Å². The van der Waals surface area contributed by atoms with E-state index in [1.807, 2.05) is 58.6 Å². The van der Waals surface area contributed by atoms with E-state index < -0.39 is 0 Å².